The van der Waals surface area contributed by atoms with Crippen molar-refractivity contribution in [2.24, 2.45) is 22.7 Å². The van der Waals surface area contributed by atoms with Crippen molar-refractivity contribution >= 4 is 28.6 Å². The molecule has 2 aliphatic carbocycles. The van der Waals surface area contributed by atoms with Crippen LogP contribution in [0.15, 0.2) is 0 Å². The summed E-state index contributed by atoms with van der Waals surface area (Å²) in [6, 6.07) is 0.968. The Morgan fingerprint density at radius 1 is 0.929 bits per heavy atom. The number of esters is 2. The molecule has 0 aromatic carbocycles. The molecule has 0 aromatic rings. The van der Waals surface area contributed by atoms with Crippen LogP contribution in [0.1, 0.15) is 45.4 Å². The summed E-state index contributed by atoms with van der Waals surface area (Å²) < 4.78 is 17.1. The summed E-state index contributed by atoms with van der Waals surface area (Å²) in [6.07, 6.45) is 5.59. The van der Waals surface area contributed by atoms with Gasteiger partial charge >= 0.3 is 11.9 Å². The lowest BCUT2D eigenvalue weighted by atomic mass is 9.55. The van der Waals surface area contributed by atoms with Crippen LogP contribution in [-0.4, -0.2) is 42.8 Å². The first kappa shape index (κ1) is 23.6. The van der Waals surface area contributed by atoms with Gasteiger partial charge in [-0.05, 0) is 69.9 Å². The molecule has 2 atom stereocenters. The van der Waals surface area contributed by atoms with Crippen molar-refractivity contribution in [3.8, 4) is 0 Å². The van der Waals surface area contributed by atoms with Gasteiger partial charge in [0.15, 0.2) is 22.0 Å². The zero-order valence-corrected chi connectivity index (χ0v) is 21.1. The van der Waals surface area contributed by atoms with Crippen LogP contribution in [0.2, 0.25) is 38.8 Å². The van der Waals surface area contributed by atoms with Gasteiger partial charge in [0.2, 0.25) is 0 Å². The normalized spacial score (nSPS) is 26.9. The van der Waals surface area contributed by atoms with E-state index >= 15 is 0 Å². The van der Waals surface area contributed by atoms with Crippen LogP contribution in [0.4, 0.5) is 0 Å². The third-order valence-corrected chi connectivity index (χ3v) is 13.3. The molecular formula is C21H40O5Si2. The molecule has 5 nitrogen and oxygen atoms in total. The summed E-state index contributed by atoms with van der Waals surface area (Å²) in [4.78, 5) is 26.3. The smallest absolute Gasteiger partial charge is 0.323 e. The largest absolute Gasteiger partial charge is 0.468 e. The molecule has 0 unspecified atom stereocenters. The van der Waals surface area contributed by atoms with E-state index in [1.54, 1.807) is 0 Å². The third-order valence-electron chi connectivity index (χ3n) is 7.15. The molecule has 162 valence electrons. The lowest BCUT2D eigenvalue weighted by Gasteiger charge is -2.47. The molecule has 0 aliphatic heterocycles. The average molecular weight is 429 g/mol. The number of hydrogen-bond acceptors (Lipinski definition) is 5. The molecule has 0 bridgehead atoms. The molecule has 0 radical (unpaired) electrons. The minimum absolute atomic E-state index is 0.267. The first-order valence-corrected chi connectivity index (χ1v) is 17.2. The Labute approximate surface area is 173 Å². The minimum Gasteiger partial charge on any atom is -0.468 e. The molecular weight excluding hydrogens is 388 g/mol. The number of ether oxygens (including phenoxy) is 2. The average Bonchev–Trinajstić information content (AvgIpc) is 2.82. The van der Waals surface area contributed by atoms with E-state index in [4.69, 9.17) is 13.6 Å². The molecule has 2 fully saturated rings. The van der Waals surface area contributed by atoms with E-state index in [-0.39, 0.29) is 17.3 Å². The van der Waals surface area contributed by atoms with E-state index in [0.29, 0.717) is 6.42 Å². The highest BCUT2D eigenvalue weighted by Gasteiger charge is 2.71. The monoisotopic (exact) mass is 428 g/mol. The van der Waals surface area contributed by atoms with Crippen molar-refractivity contribution in [2.45, 2.75) is 84.2 Å². The quantitative estimate of drug-likeness (QED) is 0.339. The number of carbonyl (C=O) groups is 2. The maximum atomic E-state index is 13.2. The molecule has 0 amide bonds. The van der Waals surface area contributed by atoms with Gasteiger partial charge in [0.25, 0.3) is 0 Å². The fraction of sp³-hybridized carbons (Fsp3) is 0.905. The van der Waals surface area contributed by atoms with Gasteiger partial charge in [-0.15, -0.1) is 0 Å². The Morgan fingerprint density at radius 3 is 1.86 bits per heavy atom. The lowest BCUT2D eigenvalue weighted by molar-refractivity contribution is -0.182. The van der Waals surface area contributed by atoms with E-state index in [0.717, 1.165) is 38.1 Å². The lowest BCUT2D eigenvalue weighted by Crippen LogP contribution is -2.53. The van der Waals surface area contributed by atoms with E-state index < -0.39 is 34.0 Å². The van der Waals surface area contributed by atoms with Crippen molar-refractivity contribution < 1.29 is 23.2 Å². The van der Waals surface area contributed by atoms with Gasteiger partial charge in [0.05, 0.1) is 14.2 Å². The van der Waals surface area contributed by atoms with Crippen LogP contribution in [0.5, 0.6) is 0 Å². The molecule has 2 rings (SSSR count). The SMILES string of the molecule is COC(=O)C1(C(=O)OC)C[C@@H](C[Si](C)(C)O[Si](C)(C)C)[C@H](C)C12CCCCC2. The van der Waals surface area contributed by atoms with E-state index in [1.807, 2.05) is 0 Å². The minimum atomic E-state index is -1.92. The second kappa shape index (κ2) is 8.22. The van der Waals surface area contributed by atoms with E-state index in [2.05, 4.69) is 39.7 Å². The number of methoxy groups -OCH3 is 2. The second-order valence-electron chi connectivity index (χ2n) is 10.5. The first-order valence-electron chi connectivity index (χ1n) is 10.7. The van der Waals surface area contributed by atoms with E-state index in [9.17, 15) is 9.59 Å². The number of hydrogen-bond donors (Lipinski definition) is 0. The maximum absolute atomic E-state index is 13.2. The van der Waals surface area contributed by atoms with Crippen molar-refractivity contribution in [1.82, 2.24) is 0 Å². The predicted molar refractivity (Wildman–Crippen MR) is 116 cm³/mol. The highest BCUT2D eigenvalue weighted by Crippen LogP contribution is 2.67. The summed E-state index contributed by atoms with van der Waals surface area (Å²) in [5.41, 5.74) is -1.54. The Hall–Kier alpha value is -0.666. The highest BCUT2D eigenvalue weighted by atomic mass is 28.4. The molecule has 1 spiro atoms. The van der Waals surface area contributed by atoms with Crippen molar-refractivity contribution in [1.29, 1.82) is 0 Å². The Balaban J connectivity index is 2.47. The fourth-order valence-electron chi connectivity index (χ4n) is 6.43. The van der Waals surface area contributed by atoms with Crippen molar-refractivity contribution in [3.05, 3.63) is 0 Å². The summed E-state index contributed by atoms with van der Waals surface area (Å²) in [6.45, 7) is 13.5. The zero-order chi connectivity index (χ0) is 21.4. The molecule has 2 aliphatic rings. The molecule has 28 heavy (non-hydrogen) atoms. The van der Waals surface area contributed by atoms with Gasteiger partial charge in [0, 0.05) is 5.41 Å². The van der Waals surface area contributed by atoms with Crippen molar-refractivity contribution in [3.63, 3.8) is 0 Å². The summed E-state index contributed by atoms with van der Waals surface area (Å²) in [7, 11) is -0.775. The van der Waals surface area contributed by atoms with E-state index in [1.165, 1.54) is 14.2 Å². The van der Waals surface area contributed by atoms with Gasteiger partial charge in [-0.1, -0.05) is 26.2 Å². The summed E-state index contributed by atoms with van der Waals surface area (Å²) in [5, 5.41) is 0. The molecule has 0 aromatic heterocycles. The van der Waals surface area contributed by atoms with Gasteiger partial charge in [-0.2, -0.15) is 0 Å². The molecule has 0 heterocycles. The predicted octanol–water partition coefficient (Wildman–Crippen LogP) is 4.98. The zero-order valence-electron chi connectivity index (χ0n) is 19.1. The second-order valence-corrected chi connectivity index (χ2v) is 19.5. The Bertz CT molecular complexity index is 574. The first-order chi connectivity index (χ1) is 12.8. The highest BCUT2D eigenvalue weighted by molar-refractivity contribution is 6.84. The van der Waals surface area contributed by atoms with Crippen molar-refractivity contribution in [2.75, 3.05) is 14.2 Å². The molecule has 7 heteroatoms. The van der Waals surface area contributed by atoms with Gasteiger partial charge in [-0.3, -0.25) is 9.59 Å². The van der Waals surface area contributed by atoms with Crippen LogP contribution in [0.3, 0.4) is 0 Å². The standard InChI is InChI=1S/C21H40O5Si2/c1-16-17(15-28(7,8)26-27(4,5)6)14-21(18(22)24-2,19(23)25-3)20(16)12-10-9-11-13-20/h16-17H,9-15H2,1-8H3/t16-,17-/m0/s1. The maximum Gasteiger partial charge on any atom is 0.323 e. The third kappa shape index (κ3) is 4.12. The molecule has 0 saturated heterocycles. The van der Waals surface area contributed by atoms with Crippen LogP contribution in [0.25, 0.3) is 0 Å². The van der Waals surface area contributed by atoms with Gasteiger partial charge in [-0.25, -0.2) is 0 Å². The summed E-state index contributed by atoms with van der Waals surface area (Å²) >= 11 is 0. The van der Waals surface area contributed by atoms with Crippen LogP contribution < -0.4 is 0 Å². The molecule has 2 saturated carbocycles. The van der Waals surface area contributed by atoms with Crippen LogP contribution in [0, 0.1) is 22.7 Å². The van der Waals surface area contributed by atoms with Gasteiger partial charge in [0.1, 0.15) is 0 Å². The Morgan fingerprint density at radius 2 is 1.43 bits per heavy atom. The van der Waals surface area contributed by atoms with Crippen LogP contribution in [-0.2, 0) is 23.2 Å². The van der Waals surface area contributed by atoms with Crippen LogP contribution >= 0.6 is 0 Å². The molecule has 0 N–H and O–H groups in total. The topological polar surface area (TPSA) is 61.8 Å². The fourth-order valence-corrected chi connectivity index (χ4v) is 15.2. The van der Waals surface area contributed by atoms with Gasteiger partial charge < -0.3 is 13.6 Å². The number of rotatable bonds is 6. The Kier molecular flexibility index (Phi) is 6.93. The summed E-state index contributed by atoms with van der Waals surface area (Å²) in [5.74, 6) is -0.264. The number of carbonyl (C=O) groups excluding carboxylic acids is 2.